The SMILES string of the molecule is CN1CCC(CN(C)Cc2ccc(N)nc2)C1. The smallest absolute Gasteiger partial charge is 0.123 e. The number of hydrogen-bond donors (Lipinski definition) is 1. The van der Waals surface area contributed by atoms with E-state index >= 15 is 0 Å². The minimum Gasteiger partial charge on any atom is -0.384 e. The van der Waals surface area contributed by atoms with Gasteiger partial charge in [0.2, 0.25) is 0 Å². The molecule has 1 unspecified atom stereocenters. The molecule has 1 aliphatic heterocycles. The third-order valence-corrected chi connectivity index (χ3v) is 3.36. The van der Waals surface area contributed by atoms with Crippen molar-refractivity contribution in [1.29, 1.82) is 0 Å². The molecule has 0 amide bonds. The lowest BCUT2D eigenvalue weighted by Crippen LogP contribution is -2.27. The van der Waals surface area contributed by atoms with Crippen molar-refractivity contribution >= 4 is 5.82 Å². The van der Waals surface area contributed by atoms with Gasteiger partial charge in [-0.25, -0.2) is 4.98 Å². The Hall–Kier alpha value is -1.13. The largest absolute Gasteiger partial charge is 0.384 e. The summed E-state index contributed by atoms with van der Waals surface area (Å²) >= 11 is 0. The first-order chi connectivity index (χ1) is 8.13. The zero-order valence-electron chi connectivity index (χ0n) is 10.8. The van der Waals surface area contributed by atoms with Gasteiger partial charge in [-0.1, -0.05) is 6.07 Å². The predicted octanol–water partition coefficient (Wildman–Crippen LogP) is 1.05. The fourth-order valence-electron chi connectivity index (χ4n) is 2.52. The summed E-state index contributed by atoms with van der Waals surface area (Å²) in [6.07, 6.45) is 3.19. The normalized spacial score (nSPS) is 21.2. The van der Waals surface area contributed by atoms with Crippen molar-refractivity contribution in [1.82, 2.24) is 14.8 Å². The first-order valence-corrected chi connectivity index (χ1v) is 6.21. The molecule has 1 fully saturated rings. The van der Waals surface area contributed by atoms with Crippen molar-refractivity contribution in [3.05, 3.63) is 23.9 Å². The summed E-state index contributed by atoms with van der Waals surface area (Å²) in [6, 6.07) is 3.92. The van der Waals surface area contributed by atoms with E-state index in [-0.39, 0.29) is 0 Å². The molecule has 0 bridgehead atoms. The molecule has 1 aliphatic rings. The van der Waals surface area contributed by atoms with Crippen LogP contribution in [0, 0.1) is 5.92 Å². The van der Waals surface area contributed by atoms with Gasteiger partial charge in [0.1, 0.15) is 5.82 Å². The summed E-state index contributed by atoms with van der Waals surface area (Å²) in [5, 5.41) is 0. The summed E-state index contributed by atoms with van der Waals surface area (Å²) < 4.78 is 0. The van der Waals surface area contributed by atoms with Crippen molar-refractivity contribution in [3.63, 3.8) is 0 Å². The third-order valence-electron chi connectivity index (χ3n) is 3.36. The van der Waals surface area contributed by atoms with Crippen LogP contribution >= 0.6 is 0 Å². The van der Waals surface area contributed by atoms with E-state index in [1.807, 2.05) is 12.3 Å². The van der Waals surface area contributed by atoms with E-state index in [4.69, 9.17) is 5.73 Å². The highest BCUT2D eigenvalue weighted by atomic mass is 15.1. The lowest BCUT2D eigenvalue weighted by Gasteiger charge is -2.20. The van der Waals surface area contributed by atoms with Crippen LogP contribution in [0.2, 0.25) is 0 Å². The number of anilines is 1. The highest BCUT2D eigenvalue weighted by Gasteiger charge is 2.20. The molecule has 2 heterocycles. The van der Waals surface area contributed by atoms with E-state index in [2.05, 4.69) is 34.9 Å². The van der Waals surface area contributed by atoms with E-state index in [9.17, 15) is 0 Å². The highest BCUT2D eigenvalue weighted by molar-refractivity contribution is 5.29. The molecule has 1 aromatic heterocycles. The maximum absolute atomic E-state index is 5.57. The Morgan fingerprint density at radius 3 is 2.94 bits per heavy atom. The van der Waals surface area contributed by atoms with Crippen LogP contribution in [0.25, 0.3) is 0 Å². The second-order valence-electron chi connectivity index (χ2n) is 5.21. The molecule has 94 valence electrons. The molecule has 0 saturated carbocycles. The van der Waals surface area contributed by atoms with Gasteiger partial charge >= 0.3 is 0 Å². The van der Waals surface area contributed by atoms with Crippen LogP contribution < -0.4 is 5.73 Å². The maximum Gasteiger partial charge on any atom is 0.123 e. The number of nitrogens with zero attached hydrogens (tertiary/aromatic N) is 3. The van der Waals surface area contributed by atoms with Crippen molar-refractivity contribution in [2.75, 3.05) is 39.5 Å². The molecule has 2 rings (SSSR count). The first kappa shape index (κ1) is 12.3. The van der Waals surface area contributed by atoms with Gasteiger partial charge in [0.25, 0.3) is 0 Å². The molecule has 4 heteroatoms. The Bertz CT molecular complexity index is 349. The van der Waals surface area contributed by atoms with E-state index in [1.165, 1.54) is 25.1 Å². The molecule has 1 atom stereocenters. The van der Waals surface area contributed by atoms with Crippen molar-refractivity contribution in [2.45, 2.75) is 13.0 Å². The fraction of sp³-hybridized carbons (Fsp3) is 0.615. The monoisotopic (exact) mass is 234 g/mol. The molecule has 0 radical (unpaired) electrons. The van der Waals surface area contributed by atoms with Gasteiger partial charge in [-0.3, -0.25) is 0 Å². The molecule has 17 heavy (non-hydrogen) atoms. The zero-order chi connectivity index (χ0) is 12.3. The van der Waals surface area contributed by atoms with Gasteiger partial charge in [0.15, 0.2) is 0 Å². The van der Waals surface area contributed by atoms with Crippen LogP contribution in [0.4, 0.5) is 5.82 Å². The average Bonchev–Trinajstić information content (AvgIpc) is 2.67. The van der Waals surface area contributed by atoms with Gasteiger partial charge in [-0.15, -0.1) is 0 Å². The summed E-state index contributed by atoms with van der Waals surface area (Å²) in [5.41, 5.74) is 6.80. The zero-order valence-corrected chi connectivity index (χ0v) is 10.8. The van der Waals surface area contributed by atoms with Gasteiger partial charge < -0.3 is 15.5 Å². The van der Waals surface area contributed by atoms with Crippen LogP contribution in [0.3, 0.4) is 0 Å². The third kappa shape index (κ3) is 3.68. The van der Waals surface area contributed by atoms with Crippen LogP contribution in [-0.4, -0.2) is 48.5 Å². The standard InChI is InChI=1S/C13H22N4/c1-16-6-5-12(9-16)10-17(2)8-11-3-4-13(14)15-7-11/h3-4,7,12H,5-6,8-10H2,1-2H3,(H2,14,15). The molecule has 1 aromatic rings. The fourth-order valence-corrected chi connectivity index (χ4v) is 2.52. The maximum atomic E-state index is 5.57. The second kappa shape index (κ2) is 5.47. The van der Waals surface area contributed by atoms with Gasteiger partial charge in [0.05, 0.1) is 0 Å². The minimum absolute atomic E-state index is 0.592. The quantitative estimate of drug-likeness (QED) is 0.846. The van der Waals surface area contributed by atoms with Crippen LogP contribution in [-0.2, 0) is 6.54 Å². The Balaban J connectivity index is 1.80. The predicted molar refractivity (Wildman–Crippen MR) is 70.6 cm³/mol. The Morgan fingerprint density at radius 1 is 1.53 bits per heavy atom. The number of nitrogens with two attached hydrogens (primary N) is 1. The van der Waals surface area contributed by atoms with Crippen molar-refractivity contribution in [2.24, 2.45) is 5.92 Å². The van der Waals surface area contributed by atoms with Gasteiger partial charge in [0, 0.05) is 25.8 Å². The summed E-state index contributed by atoms with van der Waals surface area (Å²) in [6.45, 7) is 4.58. The first-order valence-electron chi connectivity index (χ1n) is 6.21. The topological polar surface area (TPSA) is 45.4 Å². The van der Waals surface area contributed by atoms with E-state index in [0.717, 1.165) is 19.0 Å². The molecule has 0 aromatic carbocycles. The molecule has 1 saturated heterocycles. The number of aromatic nitrogens is 1. The minimum atomic E-state index is 0.592. The molecular weight excluding hydrogens is 212 g/mol. The molecule has 4 nitrogen and oxygen atoms in total. The average molecular weight is 234 g/mol. The number of nitrogen functional groups attached to an aromatic ring is 1. The van der Waals surface area contributed by atoms with Crippen LogP contribution in [0.1, 0.15) is 12.0 Å². The lowest BCUT2D eigenvalue weighted by atomic mass is 10.1. The van der Waals surface area contributed by atoms with E-state index in [0.29, 0.717) is 5.82 Å². The Labute approximate surface area is 103 Å². The van der Waals surface area contributed by atoms with Crippen molar-refractivity contribution < 1.29 is 0 Å². The number of likely N-dealkylation sites (tertiary alicyclic amines) is 1. The summed E-state index contributed by atoms with van der Waals surface area (Å²) in [5.74, 6) is 1.40. The van der Waals surface area contributed by atoms with Gasteiger partial charge in [-0.2, -0.15) is 0 Å². The molecule has 0 spiro atoms. The van der Waals surface area contributed by atoms with Crippen molar-refractivity contribution in [3.8, 4) is 0 Å². The lowest BCUT2D eigenvalue weighted by molar-refractivity contribution is 0.267. The number of hydrogen-bond acceptors (Lipinski definition) is 4. The van der Waals surface area contributed by atoms with Crippen LogP contribution in [0.5, 0.6) is 0 Å². The number of rotatable bonds is 4. The van der Waals surface area contributed by atoms with E-state index in [1.54, 1.807) is 0 Å². The highest BCUT2D eigenvalue weighted by Crippen LogP contribution is 2.16. The number of pyridine rings is 1. The molecular formula is C13H22N4. The Morgan fingerprint density at radius 2 is 2.35 bits per heavy atom. The summed E-state index contributed by atoms with van der Waals surface area (Å²) in [4.78, 5) is 8.90. The Kier molecular flexibility index (Phi) is 3.97. The second-order valence-corrected chi connectivity index (χ2v) is 5.21. The van der Waals surface area contributed by atoms with Gasteiger partial charge in [-0.05, 0) is 44.6 Å². The molecule has 2 N–H and O–H groups in total. The summed E-state index contributed by atoms with van der Waals surface area (Å²) in [7, 11) is 4.37. The van der Waals surface area contributed by atoms with E-state index < -0.39 is 0 Å². The van der Waals surface area contributed by atoms with Crippen LogP contribution in [0.15, 0.2) is 18.3 Å². The molecule has 0 aliphatic carbocycles.